The molecule has 2 saturated heterocycles. The lowest BCUT2D eigenvalue weighted by Crippen LogP contribution is -2.53. The van der Waals surface area contributed by atoms with Crippen LogP contribution < -0.4 is 10.1 Å². The third-order valence-electron chi connectivity index (χ3n) is 5.08. The molecule has 0 amide bonds. The lowest BCUT2D eigenvalue weighted by atomic mass is 10.0. The van der Waals surface area contributed by atoms with E-state index in [0.717, 1.165) is 39.3 Å². The third-order valence-corrected chi connectivity index (χ3v) is 5.08. The summed E-state index contributed by atoms with van der Waals surface area (Å²) in [6, 6.07) is 7.40. The van der Waals surface area contributed by atoms with Crippen LogP contribution in [0.25, 0.3) is 0 Å². The monoisotopic (exact) mass is 453 g/mol. The summed E-state index contributed by atoms with van der Waals surface area (Å²) < 4.78 is 5.38. The minimum absolute atomic E-state index is 0. The predicted octanol–water partition coefficient (Wildman–Crippen LogP) is 2.43. The highest BCUT2D eigenvalue weighted by molar-refractivity contribution is 5.94. The van der Waals surface area contributed by atoms with E-state index in [1.165, 1.54) is 19.8 Å². The van der Waals surface area contributed by atoms with Gasteiger partial charge in [-0.25, -0.2) is 0 Å². The number of ketones is 1. The van der Waals surface area contributed by atoms with Gasteiger partial charge in [-0.15, -0.1) is 37.2 Å². The molecule has 28 heavy (non-hydrogen) atoms. The molecule has 0 radical (unpaired) electrons. The van der Waals surface area contributed by atoms with Crippen molar-refractivity contribution in [1.82, 2.24) is 15.1 Å². The van der Waals surface area contributed by atoms with E-state index in [-0.39, 0.29) is 49.0 Å². The van der Waals surface area contributed by atoms with Gasteiger partial charge in [0.25, 0.3) is 0 Å². The highest BCUT2D eigenvalue weighted by atomic mass is 35.5. The van der Waals surface area contributed by atoms with Gasteiger partial charge in [-0.3, -0.25) is 19.4 Å². The molecule has 0 bridgehead atoms. The first kappa shape index (κ1) is 27.1. The van der Waals surface area contributed by atoms with E-state index in [0.29, 0.717) is 23.9 Å². The van der Waals surface area contributed by atoms with E-state index < -0.39 is 0 Å². The Labute approximate surface area is 185 Å². The average Bonchev–Trinajstić information content (AvgIpc) is 2.63. The zero-order valence-corrected chi connectivity index (χ0v) is 18.5. The molecule has 6 nitrogen and oxygen atoms in total. The van der Waals surface area contributed by atoms with Crippen molar-refractivity contribution >= 4 is 49.0 Å². The molecule has 0 spiro atoms. The van der Waals surface area contributed by atoms with Gasteiger partial charge in [0.2, 0.25) is 0 Å². The first-order valence-corrected chi connectivity index (χ1v) is 9.10. The van der Waals surface area contributed by atoms with Crippen molar-refractivity contribution in [3.8, 4) is 5.75 Å². The molecule has 0 aromatic heterocycles. The lowest BCUT2D eigenvalue weighted by molar-refractivity contribution is -0.136. The summed E-state index contributed by atoms with van der Waals surface area (Å²) >= 11 is 0. The van der Waals surface area contributed by atoms with Crippen molar-refractivity contribution in [3.63, 3.8) is 0 Å². The average molecular weight is 455 g/mol. The highest BCUT2D eigenvalue weighted by Gasteiger charge is 2.26. The van der Waals surface area contributed by atoms with Gasteiger partial charge in [-0.1, -0.05) is 0 Å². The van der Waals surface area contributed by atoms with Gasteiger partial charge >= 0.3 is 5.97 Å². The number of piperidine rings is 1. The molecule has 160 valence electrons. The molecule has 1 aromatic rings. The van der Waals surface area contributed by atoms with Crippen LogP contribution in [0, 0.1) is 0 Å². The lowest BCUT2D eigenvalue weighted by Gasteiger charge is -2.40. The number of piperazine rings is 1. The van der Waals surface area contributed by atoms with Crippen LogP contribution in [0.1, 0.15) is 30.1 Å². The van der Waals surface area contributed by atoms with E-state index in [2.05, 4.69) is 15.1 Å². The van der Waals surface area contributed by atoms with Gasteiger partial charge in [0.1, 0.15) is 5.75 Å². The zero-order valence-electron chi connectivity index (χ0n) is 16.1. The van der Waals surface area contributed by atoms with Crippen LogP contribution in [0.3, 0.4) is 0 Å². The van der Waals surface area contributed by atoms with Crippen molar-refractivity contribution in [2.75, 3.05) is 45.8 Å². The maximum atomic E-state index is 12.1. The molecule has 2 heterocycles. The number of Topliss-reactive ketones (excluding diaryl/α,β-unsaturated/α-hetero) is 1. The summed E-state index contributed by atoms with van der Waals surface area (Å²) in [7, 11) is 0. The largest absolute Gasteiger partial charge is 0.426 e. The Morgan fingerprint density at radius 3 is 2.11 bits per heavy atom. The number of rotatable bonds is 5. The molecule has 0 saturated carbocycles. The van der Waals surface area contributed by atoms with Gasteiger partial charge in [0.15, 0.2) is 5.78 Å². The molecule has 1 aromatic carbocycles. The maximum absolute atomic E-state index is 12.1. The minimum Gasteiger partial charge on any atom is -0.426 e. The minimum atomic E-state index is -0.245. The summed E-state index contributed by atoms with van der Waals surface area (Å²) in [6.45, 7) is 7.90. The van der Waals surface area contributed by atoms with Gasteiger partial charge in [-0.05, 0) is 57.1 Å². The molecule has 2 aliphatic heterocycles. The standard InChI is InChI=1S/C19H27N3O3.3ClH/c1-15(23)16-2-4-18(5-3-16)25-19(24)14-21-10-12-22(13-11-21)17-6-8-20-9-7-17;;;/h2-5,17,20H,6-14H2,1H3;3*1H. The predicted molar refractivity (Wildman–Crippen MR) is 118 cm³/mol. The van der Waals surface area contributed by atoms with E-state index in [4.69, 9.17) is 4.74 Å². The number of carbonyl (C=O) groups excluding carboxylic acids is 2. The fraction of sp³-hybridized carbons (Fsp3) is 0.579. The first-order chi connectivity index (χ1) is 12.1. The van der Waals surface area contributed by atoms with Gasteiger partial charge in [0.05, 0.1) is 6.54 Å². The number of carbonyl (C=O) groups is 2. The van der Waals surface area contributed by atoms with Crippen molar-refractivity contribution in [3.05, 3.63) is 29.8 Å². The Balaban J connectivity index is 0.00000243. The first-order valence-electron chi connectivity index (χ1n) is 9.10. The van der Waals surface area contributed by atoms with Crippen LogP contribution in [0.15, 0.2) is 24.3 Å². The number of ether oxygens (including phenoxy) is 1. The third kappa shape index (κ3) is 7.85. The Bertz CT molecular complexity index is 602. The van der Waals surface area contributed by atoms with Gasteiger partial charge in [-0.2, -0.15) is 0 Å². The number of hydrogen-bond donors (Lipinski definition) is 1. The van der Waals surface area contributed by atoms with E-state index >= 15 is 0 Å². The van der Waals surface area contributed by atoms with Crippen LogP contribution in [-0.2, 0) is 4.79 Å². The smallest absolute Gasteiger partial charge is 0.325 e. The fourth-order valence-corrected chi connectivity index (χ4v) is 3.56. The van der Waals surface area contributed by atoms with E-state index in [9.17, 15) is 9.59 Å². The van der Waals surface area contributed by atoms with Crippen molar-refractivity contribution in [2.24, 2.45) is 0 Å². The summed E-state index contributed by atoms with van der Waals surface area (Å²) in [6.07, 6.45) is 2.44. The number of hydrogen-bond acceptors (Lipinski definition) is 6. The molecule has 2 aliphatic rings. The quantitative estimate of drug-likeness (QED) is 0.419. The molecule has 0 atom stereocenters. The molecular formula is C19H30Cl3N3O3. The Morgan fingerprint density at radius 1 is 1.00 bits per heavy atom. The maximum Gasteiger partial charge on any atom is 0.325 e. The Hall–Kier alpha value is -0.890. The van der Waals surface area contributed by atoms with Crippen LogP contribution in [-0.4, -0.2) is 73.4 Å². The molecule has 2 fully saturated rings. The second kappa shape index (κ2) is 13.4. The van der Waals surface area contributed by atoms with Gasteiger partial charge in [0, 0.05) is 37.8 Å². The number of nitrogens with one attached hydrogen (secondary N) is 1. The second-order valence-electron chi connectivity index (χ2n) is 6.85. The number of esters is 1. The van der Waals surface area contributed by atoms with Crippen molar-refractivity contribution in [1.29, 1.82) is 0 Å². The van der Waals surface area contributed by atoms with E-state index in [1.54, 1.807) is 24.3 Å². The van der Waals surface area contributed by atoms with Crippen LogP contribution in [0.2, 0.25) is 0 Å². The van der Waals surface area contributed by atoms with Crippen molar-refractivity contribution in [2.45, 2.75) is 25.8 Å². The summed E-state index contributed by atoms with van der Waals surface area (Å²) in [5.41, 5.74) is 0.619. The molecule has 3 rings (SSSR count). The summed E-state index contributed by atoms with van der Waals surface area (Å²) in [5, 5.41) is 3.40. The van der Waals surface area contributed by atoms with E-state index in [1.807, 2.05) is 0 Å². The molecular weight excluding hydrogens is 425 g/mol. The SMILES string of the molecule is CC(=O)c1ccc(OC(=O)CN2CCN(C3CCNCC3)CC2)cc1.Cl.Cl.Cl. The molecule has 9 heteroatoms. The number of nitrogens with zero attached hydrogens (tertiary/aromatic N) is 2. The zero-order chi connectivity index (χ0) is 17.6. The molecule has 0 aliphatic carbocycles. The Kier molecular flexibility index (Phi) is 12.9. The summed E-state index contributed by atoms with van der Waals surface area (Å²) in [4.78, 5) is 28.1. The molecule has 0 unspecified atom stereocenters. The summed E-state index contributed by atoms with van der Waals surface area (Å²) in [5.74, 6) is 0.249. The topological polar surface area (TPSA) is 61.9 Å². The van der Waals surface area contributed by atoms with Crippen LogP contribution in [0.4, 0.5) is 0 Å². The highest BCUT2D eigenvalue weighted by Crippen LogP contribution is 2.15. The Morgan fingerprint density at radius 2 is 1.57 bits per heavy atom. The van der Waals surface area contributed by atoms with Crippen molar-refractivity contribution < 1.29 is 14.3 Å². The molecule has 1 N–H and O–H groups in total. The normalized spacial score (nSPS) is 18.2. The second-order valence-corrected chi connectivity index (χ2v) is 6.85. The number of halogens is 3. The van der Waals surface area contributed by atoms with Crippen LogP contribution in [0.5, 0.6) is 5.75 Å². The fourth-order valence-electron chi connectivity index (χ4n) is 3.56. The number of benzene rings is 1. The van der Waals surface area contributed by atoms with Crippen LogP contribution >= 0.6 is 37.2 Å². The van der Waals surface area contributed by atoms with Gasteiger partial charge < -0.3 is 10.1 Å².